The highest BCUT2D eigenvalue weighted by Gasteiger charge is 2.62. The number of cyclic esters (lactones) is 1. The number of benzene rings is 1. The highest BCUT2D eigenvalue weighted by atomic mass is 32.2. The van der Waals surface area contributed by atoms with Gasteiger partial charge in [0.15, 0.2) is 0 Å². The summed E-state index contributed by atoms with van der Waals surface area (Å²) in [5, 5.41) is 8.52. The van der Waals surface area contributed by atoms with Gasteiger partial charge in [0.05, 0.1) is 24.7 Å². The highest BCUT2D eigenvalue weighted by molar-refractivity contribution is 7.91. The van der Waals surface area contributed by atoms with Crippen LogP contribution in [0, 0.1) is 5.92 Å². The van der Waals surface area contributed by atoms with E-state index >= 15 is 0 Å². The first kappa shape index (κ1) is 37.8. The zero-order chi connectivity index (χ0) is 37.9. The average molecular weight is 783 g/mol. The molecule has 7 rings (SSSR count). The first-order valence-corrected chi connectivity index (χ1v) is 21.2. The number of nitrogens with one attached hydrogen (secondary N) is 4. The summed E-state index contributed by atoms with van der Waals surface area (Å²) in [6, 6.07) is 4.63. The van der Waals surface area contributed by atoms with Crippen LogP contribution in [-0.2, 0) is 29.1 Å². The Morgan fingerprint density at radius 3 is 2.59 bits per heavy atom. The van der Waals surface area contributed by atoms with Gasteiger partial charge in [-0.25, -0.2) is 18.2 Å². The van der Waals surface area contributed by atoms with E-state index in [1.807, 2.05) is 36.4 Å². The second-order valence-corrected chi connectivity index (χ2v) is 17.7. The zero-order valence-electron chi connectivity index (χ0n) is 29.9. The summed E-state index contributed by atoms with van der Waals surface area (Å²) in [5.41, 5.74) is -0.731. The third kappa shape index (κ3) is 8.72. The van der Waals surface area contributed by atoms with Crippen LogP contribution in [0.4, 0.5) is 4.79 Å². The highest BCUT2D eigenvalue weighted by Crippen LogP contribution is 2.46. The molecule has 1 aromatic heterocycles. The maximum absolute atomic E-state index is 14.4. The smallest absolute Gasteiger partial charge is 0.407 e. The van der Waals surface area contributed by atoms with Crippen LogP contribution in [-0.4, -0.2) is 96.7 Å². The molecule has 5 aliphatic rings. The molecule has 290 valence electrons. The number of sulfonamides is 1. The Morgan fingerprint density at radius 2 is 1.78 bits per heavy atom. The molecule has 2 aromatic rings. The van der Waals surface area contributed by atoms with Crippen molar-refractivity contribution >= 4 is 51.1 Å². The number of nitrogens with zero attached hydrogens (tertiary/aromatic N) is 2. The number of thiazole rings is 1. The van der Waals surface area contributed by atoms with Crippen molar-refractivity contribution in [1.29, 1.82) is 0 Å². The van der Waals surface area contributed by atoms with Crippen molar-refractivity contribution in [1.82, 2.24) is 30.6 Å². The van der Waals surface area contributed by atoms with Crippen molar-refractivity contribution in [3.05, 3.63) is 47.5 Å². The Labute approximate surface area is 318 Å². The first-order valence-electron chi connectivity index (χ1n) is 18.8. The number of amides is 5. The van der Waals surface area contributed by atoms with E-state index in [1.165, 1.54) is 22.4 Å². The van der Waals surface area contributed by atoms with E-state index in [0.717, 1.165) is 31.2 Å². The normalized spacial score (nSPS) is 29.2. The standard InChI is InChI=1S/C37H46N6O9S2/c44-31-29-19-25-22-43(29)34(46)28(13-6-3-1-2-5-11-24-20-37(24,41-31)35(47)42-54(49,50)27-14-15-27)40-36(48)52-17-8-4-7-16-51-26-12-9-10-23(18-26)33-38-21-30(53-33)32(45)39-25/h5,9-12,18,21,24-25,27-29H,1-4,6-8,13-17,19-20,22H2,(H,39,45)(H,40,48)(H,41,44)(H,42,47)/b11-5-/t24-,25-,28+,29+,37?/m1/s1. The molecule has 7 bridgehead atoms. The van der Waals surface area contributed by atoms with Gasteiger partial charge in [0.25, 0.3) is 11.8 Å². The number of fused-ring (bicyclic) bond motifs is 8. The Bertz CT molecular complexity index is 1910. The summed E-state index contributed by atoms with van der Waals surface area (Å²) < 4.78 is 39.2. The SMILES string of the molecule is O=C1N[C@H]2CCCCC/C=C\[C@@H]3CC3(C(=O)NS(=O)(=O)C3CC3)NC(=O)[C@@H]3C[C@H](CN3C2=O)NC(=O)c2cnc(s2)-c2cccc(c2)OCCCCCO1. The maximum atomic E-state index is 14.4. The second kappa shape index (κ2) is 16.1. The van der Waals surface area contributed by atoms with E-state index < -0.39 is 74.6 Å². The molecule has 1 saturated heterocycles. The second-order valence-electron chi connectivity index (χ2n) is 14.7. The van der Waals surface area contributed by atoms with Gasteiger partial charge in [0.2, 0.25) is 21.8 Å². The predicted molar refractivity (Wildman–Crippen MR) is 198 cm³/mol. The van der Waals surface area contributed by atoms with Crippen molar-refractivity contribution in [2.75, 3.05) is 19.8 Å². The molecule has 0 radical (unpaired) electrons. The van der Waals surface area contributed by atoms with Crippen LogP contribution >= 0.6 is 11.3 Å². The lowest BCUT2D eigenvalue weighted by atomic mass is 10.0. The summed E-state index contributed by atoms with van der Waals surface area (Å²) in [4.78, 5) is 75.0. The minimum atomic E-state index is -3.90. The average Bonchev–Trinajstić information content (AvgIpc) is 4.02. The number of rotatable bonds is 3. The Hall–Kier alpha value is -4.51. The van der Waals surface area contributed by atoms with Crippen molar-refractivity contribution in [3.8, 4) is 16.3 Å². The molecule has 54 heavy (non-hydrogen) atoms. The topological polar surface area (TPSA) is 202 Å². The Morgan fingerprint density at radius 1 is 0.981 bits per heavy atom. The summed E-state index contributed by atoms with van der Waals surface area (Å²) in [5.74, 6) is -2.18. The van der Waals surface area contributed by atoms with E-state index in [9.17, 15) is 32.4 Å². The number of allylic oxidation sites excluding steroid dienone is 1. The predicted octanol–water partition coefficient (Wildman–Crippen LogP) is 3.17. The fraction of sp³-hybridized carbons (Fsp3) is 0.568. The van der Waals surface area contributed by atoms with Gasteiger partial charge in [-0.1, -0.05) is 37.1 Å². The maximum Gasteiger partial charge on any atom is 0.407 e. The minimum Gasteiger partial charge on any atom is -0.494 e. The molecular weight excluding hydrogens is 737 g/mol. The molecule has 17 heteroatoms. The third-order valence-corrected chi connectivity index (χ3v) is 13.5. The molecule has 5 atom stereocenters. The first-order chi connectivity index (χ1) is 26.0. The third-order valence-electron chi connectivity index (χ3n) is 10.6. The van der Waals surface area contributed by atoms with Gasteiger partial charge in [-0.05, 0) is 76.3 Å². The number of hydrogen-bond acceptors (Lipinski definition) is 11. The van der Waals surface area contributed by atoms with Crippen LogP contribution in [0.1, 0.15) is 86.7 Å². The van der Waals surface area contributed by atoms with Gasteiger partial charge >= 0.3 is 6.09 Å². The fourth-order valence-electron chi connectivity index (χ4n) is 7.31. The van der Waals surface area contributed by atoms with Crippen molar-refractivity contribution < 1.29 is 41.9 Å². The van der Waals surface area contributed by atoms with Crippen LogP contribution in [0.5, 0.6) is 5.75 Å². The van der Waals surface area contributed by atoms with Crippen molar-refractivity contribution in [2.45, 2.75) is 106 Å². The Balaban J connectivity index is 1.17. The zero-order valence-corrected chi connectivity index (χ0v) is 31.6. The number of carbonyl (C=O) groups is 5. The minimum absolute atomic E-state index is 0.0180. The largest absolute Gasteiger partial charge is 0.494 e. The molecule has 3 fully saturated rings. The van der Waals surface area contributed by atoms with Gasteiger partial charge < -0.3 is 30.3 Å². The van der Waals surface area contributed by atoms with Gasteiger partial charge in [0.1, 0.15) is 33.3 Å². The van der Waals surface area contributed by atoms with Gasteiger partial charge in [0, 0.05) is 24.1 Å². The van der Waals surface area contributed by atoms with Crippen molar-refractivity contribution in [3.63, 3.8) is 0 Å². The molecule has 1 aromatic carbocycles. The van der Waals surface area contributed by atoms with E-state index in [1.54, 1.807) is 0 Å². The van der Waals surface area contributed by atoms with Gasteiger partial charge in [-0.2, -0.15) is 0 Å². The van der Waals surface area contributed by atoms with Crippen LogP contribution in [0.15, 0.2) is 42.6 Å². The van der Waals surface area contributed by atoms with Crippen LogP contribution in [0.25, 0.3) is 10.6 Å². The molecule has 0 spiro atoms. The molecule has 4 heterocycles. The van der Waals surface area contributed by atoms with Gasteiger partial charge in [-0.3, -0.25) is 23.9 Å². The molecule has 3 aliphatic heterocycles. The van der Waals surface area contributed by atoms with Crippen molar-refractivity contribution in [2.24, 2.45) is 5.92 Å². The molecule has 1 unspecified atom stereocenters. The van der Waals surface area contributed by atoms with Gasteiger partial charge in [-0.15, -0.1) is 11.3 Å². The summed E-state index contributed by atoms with van der Waals surface area (Å²) in [6.07, 6.45) is 10.9. The van der Waals surface area contributed by atoms with Crippen LogP contribution in [0.3, 0.4) is 0 Å². The number of carbonyl (C=O) groups excluding carboxylic acids is 5. The van der Waals surface area contributed by atoms with E-state index in [4.69, 9.17) is 9.47 Å². The quantitative estimate of drug-likeness (QED) is 0.335. The fourth-order valence-corrected chi connectivity index (χ4v) is 9.49. The van der Waals surface area contributed by atoms with Crippen LogP contribution < -0.4 is 25.4 Å². The molecule has 15 nitrogen and oxygen atoms in total. The van der Waals surface area contributed by atoms with E-state index in [0.29, 0.717) is 60.8 Å². The summed E-state index contributed by atoms with van der Waals surface area (Å²) in [6.45, 7) is 0.566. The number of hydrogen-bond donors (Lipinski definition) is 4. The number of ether oxygens (including phenoxy) is 2. The molecule has 4 N–H and O–H groups in total. The lowest BCUT2D eigenvalue weighted by Crippen LogP contribution is -2.58. The Kier molecular flexibility index (Phi) is 11.2. The van der Waals surface area contributed by atoms with Crippen LogP contribution in [0.2, 0.25) is 0 Å². The molecule has 2 aliphatic carbocycles. The number of alkyl carbamates (subject to hydrolysis) is 1. The van der Waals surface area contributed by atoms with E-state index in [2.05, 4.69) is 25.7 Å². The lowest BCUT2D eigenvalue weighted by Gasteiger charge is -2.30. The molecule has 5 amide bonds. The molecular formula is C37H46N6O9S2. The monoisotopic (exact) mass is 782 g/mol. The lowest BCUT2D eigenvalue weighted by molar-refractivity contribution is -0.141. The van der Waals surface area contributed by atoms with E-state index in [-0.39, 0.29) is 26.0 Å². The number of aromatic nitrogens is 1. The summed E-state index contributed by atoms with van der Waals surface area (Å²) >= 11 is 1.20. The molecule has 2 saturated carbocycles. The summed E-state index contributed by atoms with van der Waals surface area (Å²) in [7, 11) is -3.90.